The molecule has 106 valence electrons. The first-order valence-electron chi connectivity index (χ1n) is 6.04. The second-order valence-corrected chi connectivity index (χ2v) is 5.88. The summed E-state index contributed by atoms with van der Waals surface area (Å²) in [6.45, 7) is 4.38. The van der Waals surface area contributed by atoms with Crippen LogP contribution >= 0.6 is 27.3 Å². The van der Waals surface area contributed by atoms with Crippen LogP contribution in [-0.2, 0) is 0 Å². The van der Waals surface area contributed by atoms with E-state index in [1.807, 2.05) is 18.4 Å². The summed E-state index contributed by atoms with van der Waals surface area (Å²) in [5.74, 6) is 0.422. The molecule has 0 amide bonds. The summed E-state index contributed by atoms with van der Waals surface area (Å²) in [5, 5.41) is 16.2. The maximum absolute atomic E-state index is 11.3. The van der Waals surface area contributed by atoms with Crippen molar-refractivity contribution >= 4 is 38.9 Å². The maximum atomic E-state index is 11.3. The van der Waals surface area contributed by atoms with Crippen molar-refractivity contribution in [3.63, 3.8) is 0 Å². The highest BCUT2D eigenvalue weighted by Crippen LogP contribution is 2.38. The van der Waals surface area contributed by atoms with Crippen LogP contribution in [-0.4, -0.2) is 21.4 Å². The van der Waals surface area contributed by atoms with Gasteiger partial charge in [-0.25, -0.2) is 9.97 Å². The first-order chi connectivity index (χ1) is 9.54. The van der Waals surface area contributed by atoms with Gasteiger partial charge in [0.2, 0.25) is 5.95 Å². The summed E-state index contributed by atoms with van der Waals surface area (Å²) in [7, 11) is 0. The van der Waals surface area contributed by atoms with Crippen LogP contribution in [0.4, 0.5) is 11.6 Å². The van der Waals surface area contributed by atoms with Gasteiger partial charge in [0.05, 0.1) is 9.80 Å². The van der Waals surface area contributed by atoms with Crippen LogP contribution in [0.1, 0.15) is 19.0 Å². The van der Waals surface area contributed by atoms with E-state index >= 15 is 0 Å². The van der Waals surface area contributed by atoms with Gasteiger partial charge in [-0.05, 0) is 40.7 Å². The Morgan fingerprint density at radius 1 is 1.50 bits per heavy atom. The number of hydrogen-bond donors (Lipinski definition) is 1. The average molecular weight is 357 g/mol. The molecule has 2 heterocycles. The Balaban J connectivity index is 2.59. The fourth-order valence-corrected chi connectivity index (χ4v) is 3.27. The van der Waals surface area contributed by atoms with Gasteiger partial charge in [-0.3, -0.25) is 10.1 Å². The molecule has 2 rings (SSSR count). The van der Waals surface area contributed by atoms with E-state index in [0.717, 1.165) is 22.3 Å². The van der Waals surface area contributed by atoms with E-state index < -0.39 is 4.92 Å². The largest absolute Gasteiger partial charge is 0.354 e. The highest BCUT2D eigenvalue weighted by atomic mass is 79.9. The second kappa shape index (κ2) is 6.27. The van der Waals surface area contributed by atoms with Crippen LogP contribution < -0.4 is 5.32 Å². The van der Waals surface area contributed by atoms with Gasteiger partial charge in [-0.15, -0.1) is 11.3 Å². The van der Waals surface area contributed by atoms with E-state index in [-0.39, 0.29) is 5.69 Å². The zero-order valence-electron chi connectivity index (χ0n) is 11.0. The number of anilines is 1. The van der Waals surface area contributed by atoms with Crippen molar-refractivity contribution in [2.24, 2.45) is 0 Å². The second-order valence-electron chi connectivity index (χ2n) is 4.11. The third kappa shape index (κ3) is 2.96. The predicted octanol–water partition coefficient (Wildman–Crippen LogP) is 4.01. The summed E-state index contributed by atoms with van der Waals surface area (Å²) in [4.78, 5) is 20.0. The normalized spacial score (nSPS) is 10.6. The monoisotopic (exact) mass is 356 g/mol. The van der Waals surface area contributed by atoms with Crippen molar-refractivity contribution < 1.29 is 4.92 Å². The van der Waals surface area contributed by atoms with Crippen molar-refractivity contribution in [1.82, 2.24) is 9.97 Å². The Kier molecular flexibility index (Phi) is 4.66. The third-order valence-electron chi connectivity index (χ3n) is 2.61. The van der Waals surface area contributed by atoms with Gasteiger partial charge in [0.25, 0.3) is 0 Å². The van der Waals surface area contributed by atoms with Crippen LogP contribution in [0.15, 0.2) is 15.9 Å². The standard InChI is InChI=1S/C12H13BrN4O2S/c1-3-5-14-12-15-7(2)10(17(18)19)9(16-12)11-8(13)4-6-20-11/h4,6H,3,5H2,1-2H3,(H,14,15,16). The van der Waals surface area contributed by atoms with Crippen molar-refractivity contribution in [3.8, 4) is 10.6 Å². The molecule has 20 heavy (non-hydrogen) atoms. The number of nitrogens with one attached hydrogen (secondary N) is 1. The Morgan fingerprint density at radius 2 is 2.25 bits per heavy atom. The molecule has 0 fully saturated rings. The SMILES string of the molecule is CCCNc1nc(C)c([N+](=O)[O-])c(-c2sccc2Br)n1. The summed E-state index contributed by atoms with van der Waals surface area (Å²) in [6.07, 6.45) is 0.928. The van der Waals surface area contributed by atoms with Crippen molar-refractivity contribution in [2.45, 2.75) is 20.3 Å². The molecule has 0 radical (unpaired) electrons. The predicted molar refractivity (Wildman–Crippen MR) is 83.2 cm³/mol. The molecule has 0 saturated carbocycles. The molecular weight excluding hydrogens is 344 g/mol. The summed E-state index contributed by atoms with van der Waals surface area (Å²) in [5.41, 5.74) is 0.664. The molecule has 0 aliphatic carbocycles. The van der Waals surface area contributed by atoms with Gasteiger partial charge < -0.3 is 5.32 Å². The lowest BCUT2D eigenvalue weighted by Gasteiger charge is -2.08. The lowest BCUT2D eigenvalue weighted by Crippen LogP contribution is -2.08. The fraction of sp³-hybridized carbons (Fsp3) is 0.333. The van der Waals surface area contributed by atoms with E-state index in [9.17, 15) is 10.1 Å². The van der Waals surface area contributed by atoms with Crippen LogP contribution in [0.5, 0.6) is 0 Å². The molecule has 0 unspecified atom stereocenters. The third-order valence-corrected chi connectivity index (χ3v) is 4.45. The number of aromatic nitrogens is 2. The molecule has 0 bridgehead atoms. The Hall–Kier alpha value is -1.54. The molecule has 0 saturated heterocycles. The van der Waals surface area contributed by atoms with E-state index in [0.29, 0.717) is 17.3 Å². The van der Waals surface area contributed by atoms with Gasteiger partial charge >= 0.3 is 5.69 Å². The van der Waals surface area contributed by atoms with Crippen molar-refractivity contribution in [2.75, 3.05) is 11.9 Å². The van der Waals surface area contributed by atoms with Crippen LogP contribution in [0.3, 0.4) is 0 Å². The number of aryl methyl sites for hydroxylation is 1. The highest BCUT2D eigenvalue weighted by molar-refractivity contribution is 9.10. The molecule has 0 aromatic carbocycles. The zero-order valence-corrected chi connectivity index (χ0v) is 13.4. The minimum absolute atomic E-state index is 0.0461. The number of rotatable bonds is 5. The van der Waals surface area contributed by atoms with Gasteiger partial charge in [0.15, 0.2) is 5.69 Å². The van der Waals surface area contributed by atoms with Crippen LogP contribution in [0.2, 0.25) is 0 Å². The lowest BCUT2D eigenvalue weighted by molar-refractivity contribution is -0.385. The Bertz CT molecular complexity index is 644. The van der Waals surface area contributed by atoms with Gasteiger partial charge in [-0.2, -0.15) is 0 Å². The molecule has 0 spiro atoms. The van der Waals surface area contributed by atoms with Crippen molar-refractivity contribution in [3.05, 3.63) is 31.7 Å². The Morgan fingerprint density at radius 3 is 2.80 bits per heavy atom. The Labute approximate surface area is 128 Å². The molecule has 2 aromatic heterocycles. The molecule has 2 aromatic rings. The minimum atomic E-state index is -0.430. The number of halogens is 1. The molecule has 0 aliphatic rings. The number of nitrogens with zero attached hydrogens (tertiary/aromatic N) is 3. The molecule has 6 nitrogen and oxygen atoms in total. The lowest BCUT2D eigenvalue weighted by atomic mass is 10.2. The maximum Gasteiger partial charge on any atom is 0.317 e. The first-order valence-corrected chi connectivity index (χ1v) is 7.72. The summed E-state index contributed by atoms with van der Waals surface area (Å²) >= 11 is 4.80. The van der Waals surface area contributed by atoms with E-state index in [2.05, 4.69) is 31.2 Å². The van der Waals surface area contributed by atoms with Gasteiger partial charge in [0.1, 0.15) is 5.69 Å². The van der Waals surface area contributed by atoms with E-state index in [4.69, 9.17) is 0 Å². The smallest absolute Gasteiger partial charge is 0.317 e. The van der Waals surface area contributed by atoms with E-state index in [1.54, 1.807) is 6.92 Å². The molecule has 8 heteroatoms. The molecule has 0 aliphatic heterocycles. The molecular formula is C12H13BrN4O2S. The van der Waals surface area contributed by atoms with Crippen molar-refractivity contribution in [1.29, 1.82) is 0 Å². The zero-order chi connectivity index (χ0) is 14.7. The van der Waals surface area contributed by atoms with Gasteiger partial charge in [-0.1, -0.05) is 6.92 Å². The molecule has 1 N–H and O–H groups in total. The molecule has 0 atom stereocenters. The topological polar surface area (TPSA) is 81.0 Å². The number of thiophene rings is 1. The minimum Gasteiger partial charge on any atom is -0.354 e. The average Bonchev–Trinajstić information content (AvgIpc) is 2.81. The summed E-state index contributed by atoms with van der Waals surface area (Å²) < 4.78 is 0.796. The van der Waals surface area contributed by atoms with Crippen LogP contribution in [0, 0.1) is 17.0 Å². The first kappa shape index (κ1) is 14.9. The summed E-state index contributed by atoms with van der Waals surface area (Å²) in [6, 6.07) is 1.85. The van der Waals surface area contributed by atoms with Gasteiger partial charge in [0, 0.05) is 11.0 Å². The highest BCUT2D eigenvalue weighted by Gasteiger charge is 2.25. The quantitative estimate of drug-likeness (QED) is 0.646. The number of hydrogen-bond acceptors (Lipinski definition) is 6. The number of nitro groups is 1. The van der Waals surface area contributed by atoms with Crippen LogP contribution in [0.25, 0.3) is 10.6 Å². The fourth-order valence-electron chi connectivity index (χ4n) is 1.72. The van der Waals surface area contributed by atoms with E-state index in [1.165, 1.54) is 11.3 Å².